The molecule has 2 rings (SSSR count). The van der Waals surface area contributed by atoms with Crippen LogP contribution < -0.4 is 19.1 Å². The van der Waals surface area contributed by atoms with Gasteiger partial charge in [0.1, 0.15) is 24.1 Å². The zero-order valence-corrected chi connectivity index (χ0v) is 23.4. The number of nitrogens with zero attached hydrogens (tertiary/aromatic N) is 2. The van der Waals surface area contributed by atoms with Crippen molar-refractivity contribution in [2.75, 3.05) is 37.4 Å². The molecular formula is C27H39N3O6S. The number of ether oxygens (including phenoxy) is 2. The smallest absolute Gasteiger partial charge is 0.244 e. The minimum absolute atomic E-state index is 0.126. The molecule has 0 fully saturated rings. The second kappa shape index (κ2) is 13.9. The Morgan fingerprint density at radius 2 is 1.68 bits per heavy atom. The van der Waals surface area contributed by atoms with Gasteiger partial charge in [-0.3, -0.25) is 13.9 Å². The average Bonchev–Trinajstić information content (AvgIpc) is 2.86. The Bertz CT molecular complexity index is 1140. The van der Waals surface area contributed by atoms with Gasteiger partial charge >= 0.3 is 0 Å². The molecule has 37 heavy (non-hydrogen) atoms. The SMILES string of the molecule is CCOc1ccccc1N(CC(=O)N(Cc1ccc(OC)cc1)[C@@H](CC)C(=O)NCC(C)C)S(C)(=O)=O. The minimum atomic E-state index is -3.85. The summed E-state index contributed by atoms with van der Waals surface area (Å²) in [5.41, 5.74) is 1.05. The highest BCUT2D eigenvalue weighted by Crippen LogP contribution is 2.30. The van der Waals surface area contributed by atoms with Gasteiger partial charge in [-0.15, -0.1) is 0 Å². The number of nitrogens with one attached hydrogen (secondary N) is 1. The van der Waals surface area contributed by atoms with Crippen molar-refractivity contribution in [1.82, 2.24) is 10.2 Å². The lowest BCUT2D eigenvalue weighted by Crippen LogP contribution is -2.52. The fraction of sp³-hybridized carbons (Fsp3) is 0.481. The average molecular weight is 534 g/mol. The zero-order valence-electron chi connectivity index (χ0n) is 22.6. The summed E-state index contributed by atoms with van der Waals surface area (Å²) in [5.74, 6) is 0.478. The summed E-state index contributed by atoms with van der Waals surface area (Å²) in [6.07, 6.45) is 1.41. The van der Waals surface area contributed by atoms with Crippen LogP contribution >= 0.6 is 0 Å². The third-order valence-corrected chi connectivity index (χ3v) is 6.82. The van der Waals surface area contributed by atoms with E-state index in [0.717, 1.165) is 16.1 Å². The van der Waals surface area contributed by atoms with Crippen molar-refractivity contribution in [2.45, 2.75) is 46.7 Å². The molecule has 2 amide bonds. The van der Waals surface area contributed by atoms with E-state index in [4.69, 9.17) is 9.47 Å². The molecule has 204 valence electrons. The summed E-state index contributed by atoms with van der Waals surface area (Å²) in [4.78, 5) is 28.4. The molecule has 1 N–H and O–H groups in total. The number of benzene rings is 2. The lowest BCUT2D eigenvalue weighted by molar-refractivity contribution is -0.140. The van der Waals surface area contributed by atoms with Crippen molar-refractivity contribution < 1.29 is 27.5 Å². The molecule has 0 radical (unpaired) electrons. The molecule has 2 aromatic carbocycles. The van der Waals surface area contributed by atoms with Crippen molar-refractivity contribution in [3.05, 3.63) is 54.1 Å². The van der Waals surface area contributed by atoms with E-state index in [1.54, 1.807) is 50.4 Å². The van der Waals surface area contributed by atoms with Crippen LogP contribution in [0.1, 0.15) is 39.7 Å². The topological polar surface area (TPSA) is 105 Å². The molecule has 2 aromatic rings. The number of hydrogen-bond acceptors (Lipinski definition) is 6. The summed E-state index contributed by atoms with van der Waals surface area (Å²) < 4.78 is 37.5. The second-order valence-corrected chi connectivity index (χ2v) is 11.0. The fourth-order valence-corrected chi connectivity index (χ4v) is 4.66. The Balaban J connectivity index is 2.46. The maximum atomic E-state index is 13.8. The van der Waals surface area contributed by atoms with Crippen LogP contribution in [0.2, 0.25) is 0 Å². The molecule has 0 saturated heterocycles. The highest BCUT2D eigenvalue weighted by molar-refractivity contribution is 7.92. The van der Waals surface area contributed by atoms with Gasteiger partial charge in [-0.05, 0) is 49.1 Å². The molecule has 9 nitrogen and oxygen atoms in total. The van der Waals surface area contributed by atoms with Crippen molar-refractivity contribution in [3.63, 3.8) is 0 Å². The van der Waals surface area contributed by atoms with Gasteiger partial charge in [-0.25, -0.2) is 8.42 Å². The van der Waals surface area contributed by atoms with Gasteiger partial charge in [-0.1, -0.05) is 45.0 Å². The zero-order chi connectivity index (χ0) is 27.6. The Labute approximate surface area is 220 Å². The van der Waals surface area contributed by atoms with Gasteiger partial charge in [0.15, 0.2) is 0 Å². The summed E-state index contributed by atoms with van der Waals surface area (Å²) in [6, 6.07) is 13.1. The van der Waals surface area contributed by atoms with Crippen molar-refractivity contribution in [1.29, 1.82) is 0 Å². The molecule has 0 aliphatic carbocycles. The molecule has 0 bridgehead atoms. The molecule has 10 heteroatoms. The summed E-state index contributed by atoms with van der Waals surface area (Å²) in [6.45, 7) is 8.05. The molecule has 1 atom stereocenters. The van der Waals surface area contributed by atoms with Crippen LogP contribution in [0, 0.1) is 5.92 Å². The first-order chi connectivity index (χ1) is 17.5. The number of amides is 2. The van der Waals surface area contributed by atoms with E-state index in [-0.39, 0.29) is 24.1 Å². The molecular weight excluding hydrogens is 494 g/mol. The van der Waals surface area contributed by atoms with Crippen LogP contribution in [0.4, 0.5) is 5.69 Å². The lowest BCUT2D eigenvalue weighted by atomic mass is 10.1. The Morgan fingerprint density at radius 1 is 1.03 bits per heavy atom. The Kier molecular flexibility index (Phi) is 11.2. The van der Waals surface area contributed by atoms with E-state index in [1.165, 1.54) is 4.90 Å². The molecule has 0 saturated carbocycles. The largest absolute Gasteiger partial charge is 0.497 e. The lowest BCUT2D eigenvalue weighted by Gasteiger charge is -2.33. The van der Waals surface area contributed by atoms with Gasteiger partial charge in [0.2, 0.25) is 21.8 Å². The number of anilines is 1. The number of para-hydroxylation sites is 2. The molecule has 0 aromatic heterocycles. The van der Waals surface area contributed by atoms with E-state index in [1.807, 2.05) is 32.9 Å². The second-order valence-electron chi connectivity index (χ2n) is 9.10. The van der Waals surface area contributed by atoms with Crippen LogP contribution in [-0.4, -0.2) is 64.2 Å². The van der Waals surface area contributed by atoms with Crippen LogP contribution in [0.3, 0.4) is 0 Å². The summed E-state index contributed by atoms with van der Waals surface area (Å²) >= 11 is 0. The van der Waals surface area contributed by atoms with Crippen LogP contribution in [0.5, 0.6) is 11.5 Å². The van der Waals surface area contributed by atoms with Gasteiger partial charge in [0.25, 0.3) is 0 Å². The number of methoxy groups -OCH3 is 1. The molecule has 0 aliphatic heterocycles. The summed E-state index contributed by atoms with van der Waals surface area (Å²) in [7, 11) is -2.29. The maximum absolute atomic E-state index is 13.8. The first-order valence-corrected chi connectivity index (χ1v) is 14.3. The van der Waals surface area contributed by atoms with E-state index >= 15 is 0 Å². The van der Waals surface area contributed by atoms with Crippen LogP contribution in [-0.2, 0) is 26.2 Å². The van der Waals surface area contributed by atoms with Gasteiger partial charge < -0.3 is 19.7 Å². The van der Waals surface area contributed by atoms with Crippen LogP contribution in [0.15, 0.2) is 48.5 Å². The molecule has 0 heterocycles. The normalized spacial score (nSPS) is 12.1. The van der Waals surface area contributed by atoms with Crippen LogP contribution in [0.25, 0.3) is 0 Å². The third kappa shape index (κ3) is 8.66. The maximum Gasteiger partial charge on any atom is 0.244 e. The number of sulfonamides is 1. The highest BCUT2D eigenvalue weighted by Gasteiger charge is 2.32. The molecule has 0 unspecified atom stereocenters. The standard InChI is InChI=1S/C27H39N3O6S/c1-7-23(27(32)28-17-20(3)4)29(18-21-13-15-22(35-5)16-14-21)26(31)19-30(37(6,33)34)24-11-9-10-12-25(24)36-8-2/h9-16,20,23H,7-8,17-19H2,1-6H3,(H,28,32)/t23-/m0/s1. The Hall–Kier alpha value is -3.27. The summed E-state index contributed by atoms with van der Waals surface area (Å²) in [5, 5.41) is 2.91. The van der Waals surface area contributed by atoms with Gasteiger partial charge in [0.05, 0.1) is 25.7 Å². The third-order valence-electron chi connectivity index (χ3n) is 5.70. The number of rotatable bonds is 14. The highest BCUT2D eigenvalue weighted by atomic mass is 32.2. The van der Waals surface area contributed by atoms with Gasteiger partial charge in [0, 0.05) is 13.1 Å². The number of carbonyl (C=O) groups excluding carboxylic acids is 2. The van der Waals surface area contributed by atoms with E-state index in [2.05, 4.69) is 5.32 Å². The van der Waals surface area contributed by atoms with E-state index in [9.17, 15) is 18.0 Å². The van der Waals surface area contributed by atoms with Gasteiger partial charge in [-0.2, -0.15) is 0 Å². The predicted molar refractivity (Wildman–Crippen MR) is 145 cm³/mol. The predicted octanol–water partition coefficient (Wildman–Crippen LogP) is 3.44. The number of carbonyl (C=O) groups is 2. The van der Waals surface area contributed by atoms with Crippen molar-refractivity contribution >= 4 is 27.5 Å². The minimum Gasteiger partial charge on any atom is -0.497 e. The molecule has 0 spiro atoms. The van der Waals surface area contributed by atoms with E-state index in [0.29, 0.717) is 31.1 Å². The fourth-order valence-electron chi connectivity index (χ4n) is 3.81. The van der Waals surface area contributed by atoms with Crippen molar-refractivity contribution in [3.8, 4) is 11.5 Å². The van der Waals surface area contributed by atoms with Crippen molar-refractivity contribution in [2.24, 2.45) is 5.92 Å². The monoisotopic (exact) mass is 533 g/mol. The first-order valence-electron chi connectivity index (χ1n) is 12.4. The molecule has 0 aliphatic rings. The quantitative estimate of drug-likeness (QED) is 0.399. The first kappa shape index (κ1) is 30.0. The van der Waals surface area contributed by atoms with E-state index < -0.39 is 28.5 Å². The number of hydrogen-bond donors (Lipinski definition) is 1. The Morgan fingerprint density at radius 3 is 2.22 bits per heavy atom.